The largest absolute Gasteiger partial charge is 0.438 e. The molecule has 0 unspecified atom stereocenters. The van der Waals surface area contributed by atoms with Gasteiger partial charge >= 0.3 is 18.3 Å². The predicted octanol–water partition coefficient (Wildman–Crippen LogP) is 5.33. The van der Waals surface area contributed by atoms with Gasteiger partial charge in [-0.15, -0.1) is 0 Å². The van der Waals surface area contributed by atoms with Gasteiger partial charge in [-0.2, -0.15) is 13.2 Å². The molecule has 1 aromatic heterocycles. The molecule has 0 bridgehead atoms. The number of amides is 3. The maximum Gasteiger partial charge on any atom is 0.419 e. The Morgan fingerprint density at radius 1 is 1.18 bits per heavy atom. The Hall–Kier alpha value is -3.69. The number of carbonyl (C=O) groups is 2. The van der Waals surface area contributed by atoms with Gasteiger partial charge in [0.05, 0.1) is 16.6 Å². The lowest BCUT2D eigenvalue weighted by atomic mass is 9.98. The Labute approximate surface area is 185 Å². The Morgan fingerprint density at radius 3 is 2.70 bits per heavy atom. The van der Waals surface area contributed by atoms with Crippen LogP contribution in [0.2, 0.25) is 0 Å². The lowest BCUT2D eigenvalue weighted by molar-refractivity contribution is -0.137. The minimum atomic E-state index is -4.76. The SMILES string of the molecule is O=C(NCc1cccc2ncccc12)N1C(=O)O[C@H](c2cc(F)cc(C(F)(F)F)c2)C12CC2. The van der Waals surface area contributed by atoms with Gasteiger partial charge in [-0.25, -0.2) is 18.9 Å². The molecule has 5 rings (SSSR count). The third-order valence-corrected chi connectivity index (χ3v) is 6.02. The quantitative estimate of drug-likeness (QED) is 0.538. The molecule has 1 spiro atoms. The molecule has 1 aliphatic heterocycles. The van der Waals surface area contributed by atoms with Crippen molar-refractivity contribution in [2.45, 2.75) is 37.2 Å². The van der Waals surface area contributed by atoms with Crippen molar-refractivity contribution in [3.8, 4) is 0 Å². The number of imide groups is 1. The maximum absolute atomic E-state index is 13.9. The molecule has 2 aromatic carbocycles. The van der Waals surface area contributed by atoms with E-state index in [0.717, 1.165) is 33.5 Å². The van der Waals surface area contributed by atoms with Crippen LogP contribution in [0.4, 0.5) is 27.2 Å². The van der Waals surface area contributed by atoms with E-state index in [4.69, 9.17) is 4.74 Å². The molecular formula is C23H17F4N3O3. The smallest absolute Gasteiger partial charge is 0.419 e. The highest BCUT2D eigenvalue weighted by atomic mass is 19.4. The molecule has 3 amide bonds. The van der Waals surface area contributed by atoms with Gasteiger partial charge in [0.1, 0.15) is 5.82 Å². The molecule has 2 heterocycles. The number of nitrogens with one attached hydrogen (secondary N) is 1. The van der Waals surface area contributed by atoms with E-state index in [1.807, 2.05) is 18.2 Å². The van der Waals surface area contributed by atoms with Crippen LogP contribution in [-0.2, 0) is 17.5 Å². The Bertz CT molecular complexity index is 1270. The zero-order chi connectivity index (χ0) is 23.4. The molecule has 10 heteroatoms. The van der Waals surface area contributed by atoms with Crippen molar-refractivity contribution in [2.75, 3.05) is 0 Å². The Balaban J connectivity index is 1.39. The number of urea groups is 1. The number of carbonyl (C=O) groups excluding carboxylic acids is 2. The van der Waals surface area contributed by atoms with Gasteiger partial charge in [0.15, 0.2) is 6.10 Å². The van der Waals surface area contributed by atoms with E-state index in [1.54, 1.807) is 18.3 Å². The van der Waals surface area contributed by atoms with Crippen LogP contribution in [0.5, 0.6) is 0 Å². The summed E-state index contributed by atoms with van der Waals surface area (Å²) in [6, 6.07) is 10.4. The molecule has 1 N–H and O–H groups in total. The van der Waals surface area contributed by atoms with Crippen LogP contribution in [0.1, 0.15) is 35.6 Å². The van der Waals surface area contributed by atoms with E-state index in [-0.39, 0.29) is 12.1 Å². The van der Waals surface area contributed by atoms with Crippen LogP contribution in [-0.4, -0.2) is 27.5 Å². The summed E-state index contributed by atoms with van der Waals surface area (Å²) in [7, 11) is 0. The fourth-order valence-electron chi connectivity index (χ4n) is 4.34. The predicted molar refractivity (Wildman–Crippen MR) is 108 cm³/mol. The number of nitrogens with zero attached hydrogens (tertiary/aromatic N) is 2. The Morgan fingerprint density at radius 2 is 1.97 bits per heavy atom. The molecule has 1 aliphatic carbocycles. The molecule has 6 nitrogen and oxygen atoms in total. The fraction of sp³-hybridized carbons (Fsp3) is 0.261. The molecule has 2 aliphatic rings. The molecule has 170 valence electrons. The van der Waals surface area contributed by atoms with Gasteiger partial charge in [-0.3, -0.25) is 4.98 Å². The van der Waals surface area contributed by atoms with Gasteiger partial charge < -0.3 is 10.1 Å². The normalized spacial score (nSPS) is 19.1. The van der Waals surface area contributed by atoms with E-state index in [0.29, 0.717) is 18.9 Å². The van der Waals surface area contributed by atoms with Crippen LogP contribution in [0.25, 0.3) is 10.9 Å². The summed E-state index contributed by atoms with van der Waals surface area (Å²) in [5, 5.41) is 3.52. The number of pyridine rings is 1. The molecule has 0 radical (unpaired) electrons. The average molecular weight is 459 g/mol. The number of benzene rings is 2. The molecule has 33 heavy (non-hydrogen) atoms. The van der Waals surface area contributed by atoms with Gasteiger partial charge in [-0.1, -0.05) is 18.2 Å². The number of fused-ring (bicyclic) bond motifs is 1. The van der Waals surface area contributed by atoms with Crippen LogP contribution < -0.4 is 5.32 Å². The first-order valence-corrected chi connectivity index (χ1v) is 10.2. The fourth-order valence-corrected chi connectivity index (χ4v) is 4.34. The molecule has 3 aromatic rings. The third-order valence-electron chi connectivity index (χ3n) is 6.02. The molecule has 1 saturated carbocycles. The van der Waals surface area contributed by atoms with E-state index >= 15 is 0 Å². The number of hydrogen-bond donors (Lipinski definition) is 1. The van der Waals surface area contributed by atoms with Crippen LogP contribution in [0, 0.1) is 5.82 Å². The monoisotopic (exact) mass is 459 g/mol. The second-order valence-electron chi connectivity index (χ2n) is 8.12. The lowest BCUT2D eigenvalue weighted by Gasteiger charge is -2.23. The van der Waals surface area contributed by atoms with E-state index in [9.17, 15) is 27.2 Å². The highest BCUT2D eigenvalue weighted by Crippen LogP contribution is 2.57. The summed E-state index contributed by atoms with van der Waals surface area (Å²) in [6.07, 6.45) is -4.60. The molecule has 1 atom stereocenters. The summed E-state index contributed by atoms with van der Waals surface area (Å²) in [5.74, 6) is -1.10. The molecule has 1 saturated heterocycles. The standard InChI is InChI=1S/C23H17F4N3O3/c24-16-10-14(9-15(11-16)23(25,26)27)19-22(6-7-22)30(21(32)33-19)20(31)29-12-13-3-1-5-18-17(13)4-2-8-28-18/h1-5,8-11,19H,6-7,12H2,(H,29,31)/t19-/m1/s1. The first kappa shape index (κ1) is 21.2. The van der Waals surface area contributed by atoms with Crippen molar-refractivity contribution in [2.24, 2.45) is 0 Å². The number of rotatable bonds is 3. The topological polar surface area (TPSA) is 71.5 Å². The number of ether oxygens (including phenoxy) is 1. The van der Waals surface area contributed by atoms with E-state index in [1.165, 1.54) is 0 Å². The van der Waals surface area contributed by atoms with Crippen LogP contribution in [0.3, 0.4) is 0 Å². The number of cyclic esters (lactones) is 1. The summed E-state index contributed by atoms with van der Waals surface area (Å²) >= 11 is 0. The highest BCUT2D eigenvalue weighted by Gasteiger charge is 2.66. The van der Waals surface area contributed by atoms with Crippen molar-refractivity contribution in [1.82, 2.24) is 15.2 Å². The van der Waals surface area contributed by atoms with Gasteiger partial charge in [0.2, 0.25) is 0 Å². The zero-order valence-corrected chi connectivity index (χ0v) is 17.0. The minimum Gasteiger partial charge on any atom is -0.438 e. The van der Waals surface area contributed by atoms with Crippen molar-refractivity contribution in [3.05, 3.63) is 77.2 Å². The van der Waals surface area contributed by atoms with Crippen molar-refractivity contribution in [3.63, 3.8) is 0 Å². The van der Waals surface area contributed by atoms with Crippen molar-refractivity contribution in [1.29, 1.82) is 0 Å². The van der Waals surface area contributed by atoms with Crippen LogP contribution >= 0.6 is 0 Å². The first-order valence-electron chi connectivity index (χ1n) is 10.2. The zero-order valence-electron chi connectivity index (χ0n) is 17.0. The third kappa shape index (κ3) is 3.65. The summed E-state index contributed by atoms with van der Waals surface area (Å²) < 4.78 is 58.7. The lowest BCUT2D eigenvalue weighted by Crippen LogP contribution is -2.46. The molecule has 2 fully saturated rings. The van der Waals surface area contributed by atoms with E-state index in [2.05, 4.69) is 10.3 Å². The second-order valence-corrected chi connectivity index (χ2v) is 8.12. The highest BCUT2D eigenvalue weighted by molar-refractivity contribution is 5.94. The number of aromatic nitrogens is 1. The van der Waals surface area contributed by atoms with Crippen molar-refractivity contribution >= 4 is 23.0 Å². The van der Waals surface area contributed by atoms with Gasteiger partial charge in [0.25, 0.3) is 0 Å². The van der Waals surface area contributed by atoms with E-state index < -0.39 is 41.3 Å². The first-order chi connectivity index (χ1) is 15.7. The summed E-state index contributed by atoms with van der Waals surface area (Å²) in [6.45, 7) is 0.102. The summed E-state index contributed by atoms with van der Waals surface area (Å²) in [4.78, 5) is 30.7. The summed E-state index contributed by atoms with van der Waals surface area (Å²) in [5.41, 5.74) is -0.934. The Kier molecular flexibility index (Phi) is 4.77. The number of alkyl halides is 3. The van der Waals surface area contributed by atoms with Crippen LogP contribution in [0.15, 0.2) is 54.7 Å². The average Bonchev–Trinajstić information content (AvgIpc) is 3.49. The maximum atomic E-state index is 13.9. The second kappa shape index (κ2) is 7.43. The minimum absolute atomic E-state index is 0.102. The van der Waals surface area contributed by atoms with Gasteiger partial charge in [0, 0.05) is 18.1 Å². The number of hydrogen-bond acceptors (Lipinski definition) is 4. The van der Waals surface area contributed by atoms with Gasteiger partial charge in [-0.05, 0) is 54.3 Å². The molecular weight excluding hydrogens is 442 g/mol. The number of halogens is 4. The van der Waals surface area contributed by atoms with Crippen molar-refractivity contribution < 1.29 is 31.9 Å².